The number of nitrogens with zero attached hydrogens (tertiary/aromatic N) is 3. The van der Waals surface area contributed by atoms with Gasteiger partial charge in [-0.25, -0.2) is 0 Å². The minimum atomic E-state index is -0.884. The maximum atomic E-state index is 12.2. The fraction of sp³-hybridized carbons (Fsp3) is 0.688. The summed E-state index contributed by atoms with van der Waals surface area (Å²) in [4.78, 5) is 33.1. The van der Waals surface area contributed by atoms with Crippen molar-refractivity contribution in [3.63, 3.8) is 0 Å². The molecule has 1 fully saturated rings. The zero-order chi connectivity index (χ0) is 18.2. The van der Waals surface area contributed by atoms with Crippen LogP contribution in [0.3, 0.4) is 0 Å². The Balaban J connectivity index is 1.89. The molecule has 1 heterocycles. The van der Waals surface area contributed by atoms with Gasteiger partial charge in [0.05, 0.1) is 17.4 Å². The van der Waals surface area contributed by atoms with Crippen LogP contribution in [0.15, 0.2) is 12.3 Å². The van der Waals surface area contributed by atoms with Gasteiger partial charge in [-0.3, -0.25) is 9.59 Å². The van der Waals surface area contributed by atoms with Crippen LogP contribution in [0.25, 0.3) is 0 Å². The first-order valence-corrected chi connectivity index (χ1v) is 8.63. The third kappa shape index (κ3) is 6.52. The smallest absolute Gasteiger partial charge is 0.389 e. The Labute approximate surface area is 145 Å². The van der Waals surface area contributed by atoms with E-state index in [0.717, 1.165) is 19.3 Å². The van der Waals surface area contributed by atoms with Crippen molar-refractivity contribution in [3.8, 4) is 0 Å². The summed E-state index contributed by atoms with van der Waals surface area (Å²) in [7, 11) is 0. The largest absolute Gasteiger partial charge is 0.481 e. The number of nitro groups is 1. The van der Waals surface area contributed by atoms with Crippen LogP contribution in [0, 0.1) is 16.0 Å². The SMILES string of the molecule is O=C(O)CCC(CC1CCCCC1)NC(=O)Cn1ccc([N+](=O)[O-])n1. The molecule has 1 aromatic heterocycles. The van der Waals surface area contributed by atoms with Crippen molar-refractivity contribution < 1.29 is 19.6 Å². The van der Waals surface area contributed by atoms with Crippen LogP contribution in [0.5, 0.6) is 0 Å². The first-order valence-electron chi connectivity index (χ1n) is 8.63. The van der Waals surface area contributed by atoms with Crippen molar-refractivity contribution in [3.05, 3.63) is 22.4 Å². The highest BCUT2D eigenvalue weighted by molar-refractivity contribution is 5.76. The lowest BCUT2D eigenvalue weighted by molar-refractivity contribution is -0.389. The van der Waals surface area contributed by atoms with E-state index in [1.54, 1.807) is 0 Å². The van der Waals surface area contributed by atoms with E-state index in [9.17, 15) is 19.7 Å². The van der Waals surface area contributed by atoms with Gasteiger partial charge in [0.1, 0.15) is 6.54 Å². The third-order valence-corrected chi connectivity index (χ3v) is 4.53. The zero-order valence-corrected chi connectivity index (χ0v) is 14.1. The molecule has 0 radical (unpaired) electrons. The molecule has 1 aliphatic carbocycles. The van der Waals surface area contributed by atoms with Crippen molar-refractivity contribution in [1.82, 2.24) is 15.1 Å². The minimum absolute atomic E-state index is 0.00487. The van der Waals surface area contributed by atoms with Crippen molar-refractivity contribution in [2.75, 3.05) is 0 Å². The number of aromatic nitrogens is 2. The van der Waals surface area contributed by atoms with Crippen molar-refractivity contribution in [2.24, 2.45) is 5.92 Å². The van der Waals surface area contributed by atoms with E-state index >= 15 is 0 Å². The minimum Gasteiger partial charge on any atom is -0.481 e. The van der Waals surface area contributed by atoms with Gasteiger partial charge < -0.3 is 20.5 Å². The molecule has 1 atom stereocenters. The standard InChI is InChI=1S/C16H24N4O5/c21-15(11-19-9-8-14(18-19)20(24)25)17-13(6-7-16(22)23)10-12-4-2-1-3-5-12/h8-9,12-13H,1-7,10-11H2,(H,17,21)(H,22,23). The Hall–Kier alpha value is -2.45. The molecule has 0 spiro atoms. The second-order valence-electron chi connectivity index (χ2n) is 6.57. The fourth-order valence-corrected chi connectivity index (χ4v) is 3.33. The number of nitrogens with one attached hydrogen (secondary N) is 1. The van der Waals surface area contributed by atoms with E-state index in [1.807, 2.05) is 0 Å². The first-order chi connectivity index (χ1) is 11.9. The van der Waals surface area contributed by atoms with Gasteiger partial charge in [-0.1, -0.05) is 32.1 Å². The average molecular weight is 352 g/mol. The molecule has 0 bridgehead atoms. The second kappa shape index (κ2) is 9.14. The quantitative estimate of drug-likeness (QED) is 0.517. The Morgan fingerprint density at radius 2 is 2.12 bits per heavy atom. The highest BCUT2D eigenvalue weighted by atomic mass is 16.6. The molecular weight excluding hydrogens is 328 g/mol. The average Bonchev–Trinajstić information content (AvgIpc) is 3.02. The van der Waals surface area contributed by atoms with Gasteiger partial charge in [0, 0.05) is 12.5 Å². The number of aliphatic carboxylic acids is 1. The van der Waals surface area contributed by atoms with Gasteiger partial charge in [-0.2, -0.15) is 4.68 Å². The lowest BCUT2D eigenvalue weighted by Gasteiger charge is -2.27. The summed E-state index contributed by atoms with van der Waals surface area (Å²) < 4.78 is 1.21. The topological polar surface area (TPSA) is 127 Å². The van der Waals surface area contributed by atoms with Crippen LogP contribution < -0.4 is 5.32 Å². The molecule has 0 aromatic carbocycles. The molecule has 1 aromatic rings. The summed E-state index contributed by atoms with van der Waals surface area (Å²) in [5, 5.41) is 26.1. The number of carboxylic acid groups (broad SMARTS) is 1. The third-order valence-electron chi connectivity index (χ3n) is 4.53. The lowest BCUT2D eigenvalue weighted by atomic mass is 9.84. The van der Waals surface area contributed by atoms with Crippen molar-refractivity contribution >= 4 is 17.7 Å². The molecule has 9 heteroatoms. The monoisotopic (exact) mass is 352 g/mol. The molecule has 1 unspecified atom stereocenters. The molecule has 0 aliphatic heterocycles. The van der Waals surface area contributed by atoms with Crippen LogP contribution in [-0.2, 0) is 16.1 Å². The molecule has 1 aliphatic rings. The number of carbonyl (C=O) groups excluding carboxylic acids is 1. The number of carbonyl (C=O) groups is 2. The van der Waals surface area contributed by atoms with Crippen LogP contribution in [-0.4, -0.2) is 37.7 Å². The van der Waals surface area contributed by atoms with Crippen molar-refractivity contribution in [1.29, 1.82) is 0 Å². The normalized spacial score (nSPS) is 16.3. The molecule has 2 rings (SSSR count). The maximum absolute atomic E-state index is 12.2. The van der Waals surface area contributed by atoms with Gasteiger partial charge >= 0.3 is 11.8 Å². The van der Waals surface area contributed by atoms with E-state index in [1.165, 1.54) is 36.2 Å². The zero-order valence-electron chi connectivity index (χ0n) is 14.1. The van der Waals surface area contributed by atoms with Gasteiger partial charge in [-0.05, 0) is 23.7 Å². The summed E-state index contributed by atoms with van der Waals surface area (Å²) >= 11 is 0. The Morgan fingerprint density at radius 1 is 1.40 bits per heavy atom. The molecule has 2 N–H and O–H groups in total. The predicted octanol–water partition coefficient (Wildman–Crippen LogP) is 2.11. The van der Waals surface area contributed by atoms with Crippen molar-refractivity contribution in [2.45, 2.75) is 64.0 Å². The van der Waals surface area contributed by atoms with Gasteiger partial charge in [0.25, 0.3) is 0 Å². The number of rotatable bonds is 9. The number of amides is 1. The second-order valence-corrected chi connectivity index (χ2v) is 6.57. The van der Waals surface area contributed by atoms with Crippen LogP contribution in [0.1, 0.15) is 51.4 Å². The Bertz CT molecular complexity index is 609. The van der Waals surface area contributed by atoms with E-state index in [4.69, 9.17) is 5.11 Å². The van der Waals surface area contributed by atoms with Gasteiger partial charge in [-0.15, -0.1) is 0 Å². The number of hydrogen-bond acceptors (Lipinski definition) is 5. The van der Waals surface area contributed by atoms with E-state index < -0.39 is 10.9 Å². The summed E-state index contributed by atoms with van der Waals surface area (Å²) in [6.07, 6.45) is 8.38. The summed E-state index contributed by atoms with van der Waals surface area (Å²) in [5.41, 5.74) is 0. The van der Waals surface area contributed by atoms with E-state index in [0.29, 0.717) is 12.3 Å². The molecule has 9 nitrogen and oxygen atoms in total. The molecule has 1 amide bonds. The highest BCUT2D eigenvalue weighted by Crippen LogP contribution is 2.28. The lowest BCUT2D eigenvalue weighted by Crippen LogP contribution is -2.39. The summed E-state index contributed by atoms with van der Waals surface area (Å²) in [6, 6.07) is 1.04. The van der Waals surface area contributed by atoms with E-state index in [2.05, 4.69) is 10.4 Å². The predicted molar refractivity (Wildman–Crippen MR) is 88.9 cm³/mol. The molecule has 1 saturated carbocycles. The highest BCUT2D eigenvalue weighted by Gasteiger charge is 2.22. The molecular formula is C16H24N4O5. The van der Waals surface area contributed by atoms with Gasteiger partial charge in [0.15, 0.2) is 0 Å². The molecule has 0 saturated heterocycles. The fourth-order valence-electron chi connectivity index (χ4n) is 3.33. The van der Waals surface area contributed by atoms with E-state index in [-0.39, 0.29) is 30.7 Å². The summed E-state index contributed by atoms with van der Waals surface area (Å²) in [5.74, 6) is -0.995. The number of hydrogen-bond donors (Lipinski definition) is 2. The Kier molecular flexibility index (Phi) is 6.91. The van der Waals surface area contributed by atoms with Crippen LogP contribution in [0.4, 0.5) is 5.82 Å². The van der Waals surface area contributed by atoms with Crippen LogP contribution >= 0.6 is 0 Å². The maximum Gasteiger partial charge on any atom is 0.389 e. The van der Waals surface area contributed by atoms with Gasteiger partial charge in [0.2, 0.25) is 5.91 Å². The molecule has 25 heavy (non-hydrogen) atoms. The number of carboxylic acids is 1. The summed E-state index contributed by atoms with van der Waals surface area (Å²) in [6.45, 7) is -0.123. The Morgan fingerprint density at radius 3 is 2.72 bits per heavy atom. The van der Waals surface area contributed by atoms with Crippen LogP contribution in [0.2, 0.25) is 0 Å². The first kappa shape index (κ1) is 18.9. The molecule has 138 valence electrons.